The van der Waals surface area contributed by atoms with Gasteiger partial charge >= 0.3 is 6.18 Å². The van der Waals surface area contributed by atoms with Gasteiger partial charge < -0.3 is 10.1 Å². The predicted octanol–water partition coefficient (Wildman–Crippen LogP) is 5.11. The van der Waals surface area contributed by atoms with Crippen LogP contribution in [0.3, 0.4) is 0 Å². The average molecular weight is 505 g/mol. The molecule has 0 saturated carbocycles. The number of hydrogen-bond acceptors (Lipinski definition) is 4. The fourth-order valence-electron chi connectivity index (χ4n) is 3.69. The SMILES string of the molecule is CCOc1ccc(S(=O)(=O)N2CCC[C@H](C(=O)Nc3ccc(Cl)c(C(F)(F)F)c3)C2)cc1C. The molecule has 1 N–H and O–H groups in total. The predicted molar refractivity (Wildman–Crippen MR) is 119 cm³/mol. The van der Waals surface area contributed by atoms with Crippen LogP contribution in [0.2, 0.25) is 5.02 Å². The summed E-state index contributed by atoms with van der Waals surface area (Å²) in [6.45, 7) is 4.21. The molecule has 11 heteroatoms. The van der Waals surface area contributed by atoms with E-state index in [0.717, 1.165) is 12.1 Å². The van der Waals surface area contributed by atoms with E-state index in [-0.39, 0.29) is 23.7 Å². The van der Waals surface area contributed by atoms with Gasteiger partial charge in [0.2, 0.25) is 15.9 Å². The highest BCUT2D eigenvalue weighted by atomic mass is 35.5. The van der Waals surface area contributed by atoms with Crippen LogP contribution in [0.25, 0.3) is 0 Å². The first kappa shape index (κ1) is 25.3. The van der Waals surface area contributed by atoms with Crippen LogP contribution in [0.1, 0.15) is 30.9 Å². The summed E-state index contributed by atoms with van der Waals surface area (Å²) < 4.78 is 72.2. The lowest BCUT2D eigenvalue weighted by atomic mass is 9.98. The smallest absolute Gasteiger partial charge is 0.417 e. The Morgan fingerprint density at radius 1 is 1.24 bits per heavy atom. The van der Waals surface area contributed by atoms with E-state index < -0.39 is 38.6 Å². The minimum absolute atomic E-state index is 0.0566. The molecule has 1 aliphatic heterocycles. The van der Waals surface area contributed by atoms with Gasteiger partial charge in [-0.1, -0.05) is 11.6 Å². The van der Waals surface area contributed by atoms with Crippen LogP contribution in [0.4, 0.5) is 18.9 Å². The van der Waals surface area contributed by atoms with Crippen molar-refractivity contribution in [1.82, 2.24) is 4.31 Å². The Hall–Kier alpha value is -2.30. The lowest BCUT2D eigenvalue weighted by Gasteiger charge is -2.31. The number of ether oxygens (including phenoxy) is 1. The van der Waals surface area contributed by atoms with Gasteiger partial charge in [0.25, 0.3) is 0 Å². The molecule has 0 bridgehead atoms. The molecule has 180 valence electrons. The number of carbonyl (C=O) groups excluding carboxylic acids is 1. The molecule has 0 radical (unpaired) electrons. The normalized spacial score (nSPS) is 17.6. The van der Waals surface area contributed by atoms with Gasteiger partial charge in [0.05, 0.1) is 28.0 Å². The first-order chi connectivity index (χ1) is 15.4. The summed E-state index contributed by atoms with van der Waals surface area (Å²) >= 11 is 5.62. The van der Waals surface area contributed by atoms with E-state index in [4.69, 9.17) is 16.3 Å². The Morgan fingerprint density at radius 2 is 1.97 bits per heavy atom. The van der Waals surface area contributed by atoms with Crippen molar-refractivity contribution in [3.63, 3.8) is 0 Å². The zero-order valence-electron chi connectivity index (χ0n) is 18.1. The summed E-state index contributed by atoms with van der Waals surface area (Å²) in [7, 11) is -3.86. The molecular weight excluding hydrogens is 481 g/mol. The maximum absolute atomic E-state index is 13.1. The van der Waals surface area contributed by atoms with E-state index in [1.54, 1.807) is 13.0 Å². The Bertz CT molecular complexity index is 1140. The molecule has 3 rings (SSSR count). The first-order valence-corrected chi connectivity index (χ1v) is 12.2. The Morgan fingerprint density at radius 3 is 2.61 bits per heavy atom. The maximum Gasteiger partial charge on any atom is 0.417 e. The molecule has 1 atom stereocenters. The molecule has 2 aromatic rings. The first-order valence-electron chi connectivity index (χ1n) is 10.3. The van der Waals surface area contributed by atoms with Gasteiger partial charge in [-0.05, 0) is 68.7 Å². The molecule has 1 saturated heterocycles. The molecule has 33 heavy (non-hydrogen) atoms. The van der Waals surface area contributed by atoms with Crippen molar-refractivity contribution in [2.75, 3.05) is 25.0 Å². The third-order valence-electron chi connectivity index (χ3n) is 5.38. The van der Waals surface area contributed by atoms with Gasteiger partial charge in [0.15, 0.2) is 0 Å². The Labute approximate surface area is 195 Å². The summed E-state index contributed by atoms with van der Waals surface area (Å²) in [4.78, 5) is 12.8. The van der Waals surface area contributed by atoms with E-state index in [0.29, 0.717) is 30.8 Å². The van der Waals surface area contributed by atoms with Crippen molar-refractivity contribution < 1.29 is 31.1 Å². The number of nitrogens with one attached hydrogen (secondary N) is 1. The van der Waals surface area contributed by atoms with E-state index in [9.17, 15) is 26.4 Å². The topological polar surface area (TPSA) is 75.7 Å². The largest absolute Gasteiger partial charge is 0.494 e. The number of hydrogen-bond donors (Lipinski definition) is 1. The van der Waals surface area contributed by atoms with Crippen LogP contribution in [0.5, 0.6) is 5.75 Å². The second-order valence-corrected chi connectivity index (χ2v) is 10.1. The number of nitrogens with zero attached hydrogens (tertiary/aromatic N) is 1. The van der Waals surface area contributed by atoms with Crippen molar-refractivity contribution in [3.8, 4) is 5.75 Å². The molecule has 0 unspecified atom stereocenters. The number of aryl methyl sites for hydroxylation is 1. The summed E-state index contributed by atoms with van der Waals surface area (Å²) in [6.07, 6.45) is -3.80. The zero-order valence-corrected chi connectivity index (χ0v) is 19.6. The molecule has 0 spiro atoms. The van der Waals surface area contributed by atoms with E-state index in [1.165, 1.54) is 22.5 Å². The monoisotopic (exact) mass is 504 g/mol. The zero-order chi connectivity index (χ0) is 24.4. The number of amides is 1. The summed E-state index contributed by atoms with van der Waals surface area (Å²) in [6, 6.07) is 7.68. The molecule has 1 fully saturated rings. The van der Waals surface area contributed by atoms with Gasteiger partial charge in [0, 0.05) is 18.8 Å². The van der Waals surface area contributed by atoms with Crippen LogP contribution < -0.4 is 10.1 Å². The highest BCUT2D eigenvalue weighted by Crippen LogP contribution is 2.36. The van der Waals surface area contributed by atoms with Gasteiger partial charge in [-0.15, -0.1) is 0 Å². The summed E-state index contributed by atoms with van der Waals surface area (Å²) in [5.41, 5.74) is -0.438. The van der Waals surface area contributed by atoms with Crippen LogP contribution in [-0.2, 0) is 21.0 Å². The molecule has 1 heterocycles. The number of benzene rings is 2. The summed E-state index contributed by atoms with van der Waals surface area (Å²) in [5.74, 6) is -0.663. The third-order valence-corrected chi connectivity index (χ3v) is 7.57. The number of rotatable bonds is 6. The lowest BCUT2D eigenvalue weighted by Crippen LogP contribution is -2.43. The van der Waals surface area contributed by atoms with Crippen LogP contribution in [0, 0.1) is 12.8 Å². The fourth-order valence-corrected chi connectivity index (χ4v) is 5.52. The molecule has 1 amide bonds. The van der Waals surface area contributed by atoms with E-state index in [2.05, 4.69) is 5.32 Å². The van der Waals surface area contributed by atoms with E-state index in [1.807, 2.05) is 6.92 Å². The fraction of sp³-hybridized carbons (Fsp3) is 0.409. The second kappa shape index (κ2) is 9.90. The molecular formula is C22H24ClF3N2O4S. The van der Waals surface area contributed by atoms with Gasteiger partial charge in [0.1, 0.15) is 5.75 Å². The van der Waals surface area contributed by atoms with Gasteiger partial charge in [-0.2, -0.15) is 17.5 Å². The molecule has 6 nitrogen and oxygen atoms in total. The van der Waals surface area contributed by atoms with E-state index >= 15 is 0 Å². The van der Waals surface area contributed by atoms with Crippen LogP contribution in [0.15, 0.2) is 41.3 Å². The van der Waals surface area contributed by atoms with Gasteiger partial charge in [-0.25, -0.2) is 8.42 Å². The Balaban J connectivity index is 1.75. The van der Waals surface area contributed by atoms with Crippen molar-refractivity contribution in [1.29, 1.82) is 0 Å². The van der Waals surface area contributed by atoms with Crippen molar-refractivity contribution in [2.24, 2.45) is 5.92 Å². The molecule has 1 aliphatic rings. The highest BCUT2D eigenvalue weighted by molar-refractivity contribution is 7.89. The van der Waals surface area contributed by atoms with Gasteiger partial charge in [-0.3, -0.25) is 4.79 Å². The number of sulfonamides is 1. The Kier molecular flexibility index (Phi) is 7.60. The van der Waals surface area contributed by atoms with Crippen LogP contribution in [-0.4, -0.2) is 38.3 Å². The molecule has 0 aromatic heterocycles. The standard InChI is InChI=1S/C22H24ClF3N2O4S/c1-3-32-20-9-7-17(11-14(20)2)33(30,31)28-10-4-5-15(13-28)21(29)27-16-6-8-19(23)18(12-16)22(24,25)26/h6-9,11-12,15H,3-5,10,13H2,1-2H3,(H,27,29)/t15-/m0/s1. The summed E-state index contributed by atoms with van der Waals surface area (Å²) in [5, 5.41) is 1.99. The van der Waals surface area contributed by atoms with Crippen LogP contribution >= 0.6 is 11.6 Å². The third kappa shape index (κ3) is 5.80. The number of carbonyl (C=O) groups is 1. The lowest BCUT2D eigenvalue weighted by molar-refractivity contribution is -0.137. The van der Waals surface area contributed by atoms with Crippen molar-refractivity contribution in [3.05, 3.63) is 52.5 Å². The maximum atomic E-state index is 13.1. The van der Waals surface area contributed by atoms with Crippen molar-refractivity contribution in [2.45, 2.75) is 37.8 Å². The number of alkyl halides is 3. The molecule has 2 aromatic carbocycles. The average Bonchev–Trinajstić information content (AvgIpc) is 2.76. The quantitative estimate of drug-likeness (QED) is 0.593. The highest BCUT2D eigenvalue weighted by Gasteiger charge is 2.35. The second-order valence-electron chi connectivity index (χ2n) is 7.74. The number of piperidine rings is 1. The molecule has 0 aliphatic carbocycles. The minimum atomic E-state index is -4.66. The minimum Gasteiger partial charge on any atom is -0.494 e. The number of halogens is 4. The number of anilines is 1. The van der Waals surface area contributed by atoms with Crippen molar-refractivity contribution >= 4 is 33.2 Å².